The maximum absolute atomic E-state index is 11.0. The van der Waals surface area contributed by atoms with Crippen molar-refractivity contribution in [1.82, 2.24) is 0 Å². The molecule has 0 saturated heterocycles. The van der Waals surface area contributed by atoms with Gasteiger partial charge < -0.3 is 9.68 Å². The number of para-hydroxylation sites is 1. The second-order valence-electron chi connectivity index (χ2n) is 4.35. The smallest absolute Gasteiger partial charge is 0.318 e. The van der Waals surface area contributed by atoms with Gasteiger partial charge in [-0.15, -0.1) is 0 Å². The molecule has 0 fully saturated rings. The lowest BCUT2D eigenvalue weighted by Gasteiger charge is -2.13. The molecular formula is C14H14N4O4. The van der Waals surface area contributed by atoms with E-state index in [0.717, 1.165) is 0 Å². The third-order valence-corrected chi connectivity index (χ3v) is 2.53. The SMILES string of the molecule is CC(=O)O/N=C1/C(C)=NN(c2ccccc2)/C1=N/OC(C)=O. The fraction of sp³-hybridized carbons (Fsp3) is 0.214. The highest BCUT2D eigenvalue weighted by Crippen LogP contribution is 2.20. The first-order valence-electron chi connectivity index (χ1n) is 6.41. The number of carbonyl (C=O) groups excluding carboxylic acids is 2. The molecule has 0 spiro atoms. The molecular weight excluding hydrogens is 288 g/mol. The van der Waals surface area contributed by atoms with Crippen molar-refractivity contribution >= 4 is 34.9 Å². The van der Waals surface area contributed by atoms with Gasteiger partial charge in [-0.1, -0.05) is 28.5 Å². The van der Waals surface area contributed by atoms with Crippen molar-refractivity contribution in [3.05, 3.63) is 30.3 Å². The Morgan fingerprint density at radius 1 is 1.05 bits per heavy atom. The van der Waals surface area contributed by atoms with E-state index in [1.54, 1.807) is 19.1 Å². The Labute approximate surface area is 126 Å². The van der Waals surface area contributed by atoms with E-state index in [0.29, 0.717) is 11.4 Å². The van der Waals surface area contributed by atoms with Gasteiger partial charge in [-0.05, 0) is 19.1 Å². The summed E-state index contributed by atoms with van der Waals surface area (Å²) in [5.74, 6) is -1.01. The number of anilines is 1. The number of amidine groups is 1. The van der Waals surface area contributed by atoms with Crippen LogP contribution in [-0.2, 0) is 19.3 Å². The predicted molar refractivity (Wildman–Crippen MR) is 80.4 cm³/mol. The van der Waals surface area contributed by atoms with Crippen LogP contribution in [0.4, 0.5) is 5.69 Å². The molecule has 8 nitrogen and oxygen atoms in total. The molecule has 0 atom stereocenters. The second kappa shape index (κ2) is 6.61. The van der Waals surface area contributed by atoms with Gasteiger partial charge in [0.25, 0.3) is 0 Å². The van der Waals surface area contributed by atoms with Gasteiger partial charge in [-0.2, -0.15) is 5.10 Å². The molecule has 0 N–H and O–H groups in total. The molecule has 2 rings (SSSR count). The maximum atomic E-state index is 11.0. The highest BCUT2D eigenvalue weighted by molar-refractivity contribution is 6.72. The third kappa shape index (κ3) is 3.54. The Hall–Kier alpha value is -3.03. The molecule has 0 aromatic heterocycles. The zero-order chi connectivity index (χ0) is 16.1. The lowest BCUT2D eigenvalue weighted by Crippen LogP contribution is -2.28. The van der Waals surface area contributed by atoms with Gasteiger partial charge in [-0.25, -0.2) is 14.6 Å². The average Bonchev–Trinajstić information content (AvgIpc) is 2.80. The summed E-state index contributed by atoms with van der Waals surface area (Å²) in [5, 5.41) is 13.2. The zero-order valence-electron chi connectivity index (χ0n) is 12.3. The number of nitrogens with zero attached hydrogens (tertiary/aromatic N) is 4. The lowest BCUT2D eigenvalue weighted by molar-refractivity contribution is -0.142. The summed E-state index contributed by atoms with van der Waals surface area (Å²) in [6.45, 7) is 4.13. The van der Waals surface area contributed by atoms with Crippen LogP contribution in [0.15, 0.2) is 45.7 Å². The summed E-state index contributed by atoms with van der Waals surface area (Å²) in [5.41, 5.74) is 1.37. The van der Waals surface area contributed by atoms with Crippen molar-refractivity contribution < 1.29 is 19.3 Å². The summed E-state index contributed by atoms with van der Waals surface area (Å²) in [7, 11) is 0. The summed E-state index contributed by atoms with van der Waals surface area (Å²) in [6.07, 6.45) is 0. The Bertz CT molecular complexity index is 679. The van der Waals surface area contributed by atoms with E-state index in [9.17, 15) is 9.59 Å². The number of hydrogen-bond donors (Lipinski definition) is 0. The minimum atomic E-state index is -0.586. The van der Waals surface area contributed by atoms with E-state index in [2.05, 4.69) is 25.1 Å². The van der Waals surface area contributed by atoms with Crippen LogP contribution in [0.3, 0.4) is 0 Å². The van der Waals surface area contributed by atoms with Gasteiger partial charge in [0.1, 0.15) is 0 Å². The fourth-order valence-electron chi connectivity index (χ4n) is 1.66. The van der Waals surface area contributed by atoms with E-state index in [4.69, 9.17) is 0 Å². The maximum Gasteiger partial charge on any atom is 0.332 e. The van der Waals surface area contributed by atoms with E-state index < -0.39 is 11.9 Å². The van der Waals surface area contributed by atoms with E-state index in [1.807, 2.05) is 18.2 Å². The molecule has 1 aliphatic heterocycles. The molecule has 1 aromatic carbocycles. The first-order chi connectivity index (χ1) is 10.5. The van der Waals surface area contributed by atoms with E-state index in [1.165, 1.54) is 18.9 Å². The Kier molecular flexibility index (Phi) is 4.62. The number of rotatable bonds is 3. The predicted octanol–water partition coefficient (Wildman–Crippen LogP) is 1.68. The average molecular weight is 302 g/mol. The van der Waals surface area contributed by atoms with Crippen molar-refractivity contribution in [2.24, 2.45) is 15.4 Å². The Morgan fingerprint density at radius 3 is 2.23 bits per heavy atom. The van der Waals surface area contributed by atoms with Crippen LogP contribution in [0.5, 0.6) is 0 Å². The fourth-order valence-corrected chi connectivity index (χ4v) is 1.66. The van der Waals surface area contributed by atoms with E-state index >= 15 is 0 Å². The molecule has 1 aliphatic rings. The number of hydrogen-bond acceptors (Lipinski definition) is 7. The molecule has 0 amide bonds. The molecule has 1 aromatic rings. The van der Waals surface area contributed by atoms with Crippen molar-refractivity contribution in [3.63, 3.8) is 0 Å². The summed E-state index contributed by atoms with van der Waals surface area (Å²) in [6, 6.07) is 9.10. The van der Waals surface area contributed by atoms with Gasteiger partial charge >= 0.3 is 11.9 Å². The van der Waals surface area contributed by atoms with Gasteiger partial charge in [0.05, 0.1) is 11.4 Å². The van der Waals surface area contributed by atoms with Crippen molar-refractivity contribution in [2.45, 2.75) is 20.8 Å². The molecule has 114 valence electrons. The van der Waals surface area contributed by atoms with E-state index in [-0.39, 0.29) is 11.5 Å². The normalized spacial score (nSPS) is 17.6. The molecule has 1 heterocycles. The molecule has 0 saturated carbocycles. The van der Waals surface area contributed by atoms with Crippen molar-refractivity contribution in [3.8, 4) is 0 Å². The topological polar surface area (TPSA) is 92.9 Å². The van der Waals surface area contributed by atoms with Gasteiger partial charge in [0.15, 0.2) is 5.71 Å². The molecule has 0 bridgehead atoms. The van der Waals surface area contributed by atoms with Gasteiger partial charge in [0.2, 0.25) is 5.84 Å². The molecule has 22 heavy (non-hydrogen) atoms. The first-order valence-corrected chi connectivity index (χ1v) is 6.41. The summed E-state index contributed by atoms with van der Waals surface area (Å²) in [4.78, 5) is 31.2. The number of oxime groups is 2. The van der Waals surface area contributed by atoms with Gasteiger partial charge in [-0.3, -0.25) is 0 Å². The largest absolute Gasteiger partial charge is 0.332 e. The second-order valence-corrected chi connectivity index (χ2v) is 4.35. The third-order valence-electron chi connectivity index (χ3n) is 2.53. The minimum Gasteiger partial charge on any atom is -0.318 e. The van der Waals surface area contributed by atoms with Crippen LogP contribution in [0.25, 0.3) is 0 Å². The summed E-state index contributed by atoms with van der Waals surface area (Å²) >= 11 is 0. The van der Waals surface area contributed by atoms with Crippen LogP contribution in [0, 0.1) is 0 Å². The molecule has 0 radical (unpaired) electrons. The number of benzene rings is 1. The Balaban J connectivity index is 2.41. The van der Waals surface area contributed by atoms with Crippen LogP contribution < -0.4 is 5.01 Å². The van der Waals surface area contributed by atoms with Crippen LogP contribution in [-0.4, -0.2) is 29.2 Å². The van der Waals surface area contributed by atoms with Gasteiger partial charge in [0, 0.05) is 13.8 Å². The quantitative estimate of drug-likeness (QED) is 0.625. The first kappa shape index (κ1) is 15.4. The van der Waals surface area contributed by atoms with Crippen LogP contribution >= 0.6 is 0 Å². The van der Waals surface area contributed by atoms with Crippen molar-refractivity contribution in [1.29, 1.82) is 0 Å². The summed E-state index contributed by atoms with van der Waals surface area (Å²) < 4.78 is 0. The Morgan fingerprint density at radius 2 is 1.64 bits per heavy atom. The standard InChI is InChI=1S/C14H14N4O4/c1-9-13(16-21-10(2)19)14(17-22-11(3)20)18(15-9)12-7-5-4-6-8-12/h4-8H,1-3H3/b16-13-,17-14+. The van der Waals surface area contributed by atoms with Crippen molar-refractivity contribution in [2.75, 3.05) is 5.01 Å². The van der Waals surface area contributed by atoms with Crippen LogP contribution in [0.2, 0.25) is 0 Å². The molecule has 0 aliphatic carbocycles. The zero-order valence-corrected chi connectivity index (χ0v) is 12.3. The molecule has 8 heteroatoms. The number of carbonyl (C=O) groups is 2. The highest BCUT2D eigenvalue weighted by atomic mass is 16.7. The minimum absolute atomic E-state index is 0.153. The number of hydrazone groups is 1. The lowest BCUT2D eigenvalue weighted by atomic mass is 10.2. The monoisotopic (exact) mass is 302 g/mol. The van der Waals surface area contributed by atoms with Crippen LogP contribution in [0.1, 0.15) is 20.8 Å². The highest BCUT2D eigenvalue weighted by Gasteiger charge is 2.30. The molecule has 0 unspecified atom stereocenters.